The minimum Gasteiger partial charge on any atom is -0.491 e. The van der Waals surface area contributed by atoms with Gasteiger partial charge in [-0.05, 0) is 68.1 Å². The van der Waals surface area contributed by atoms with Crippen molar-refractivity contribution < 1.29 is 14.3 Å². The Bertz CT molecular complexity index is 674. The lowest BCUT2D eigenvalue weighted by Gasteiger charge is -2.14. The number of carbonyl (C=O) groups is 1. The van der Waals surface area contributed by atoms with Crippen LogP contribution in [0, 0.1) is 0 Å². The first kappa shape index (κ1) is 21.0. The van der Waals surface area contributed by atoms with Crippen LogP contribution in [0.4, 0.5) is 0 Å². The highest BCUT2D eigenvalue weighted by molar-refractivity contribution is 5.91. The average molecular weight is 369 g/mol. The van der Waals surface area contributed by atoms with Crippen LogP contribution < -0.4 is 9.47 Å². The van der Waals surface area contributed by atoms with Gasteiger partial charge in [0.2, 0.25) is 0 Å². The van der Waals surface area contributed by atoms with E-state index in [0.717, 1.165) is 31.4 Å². The number of carbonyl (C=O) groups excluding carboxylic acids is 1. The van der Waals surface area contributed by atoms with E-state index in [1.807, 2.05) is 36.4 Å². The molecule has 0 aliphatic rings. The monoisotopic (exact) mass is 368 g/mol. The summed E-state index contributed by atoms with van der Waals surface area (Å²) >= 11 is 0. The van der Waals surface area contributed by atoms with Gasteiger partial charge >= 0.3 is 5.97 Å². The van der Waals surface area contributed by atoms with Gasteiger partial charge in [0, 0.05) is 0 Å². The summed E-state index contributed by atoms with van der Waals surface area (Å²) < 4.78 is 11.3. The molecular formula is C24H32O3. The fraction of sp³-hybridized carbons (Fsp3) is 0.458. The van der Waals surface area contributed by atoms with E-state index < -0.39 is 0 Å². The van der Waals surface area contributed by atoms with Gasteiger partial charge in [-0.3, -0.25) is 0 Å². The lowest BCUT2D eigenvalue weighted by molar-refractivity contribution is 0.0734. The van der Waals surface area contributed by atoms with Crippen LogP contribution in [0.5, 0.6) is 11.5 Å². The Morgan fingerprint density at radius 3 is 2.11 bits per heavy atom. The van der Waals surface area contributed by atoms with Gasteiger partial charge in [0.05, 0.1) is 11.7 Å². The third-order valence-corrected chi connectivity index (χ3v) is 4.59. The van der Waals surface area contributed by atoms with Gasteiger partial charge < -0.3 is 9.47 Å². The molecule has 0 heterocycles. The molecule has 0 radical (unpaired) electrons. The number of benzene rings is 2. The van der Waals surface area contributed by atoms with E-state index in [0.29, 0.717) is 11.3 Å². The Balaban J connectivity index is 1.86. The van der Waals surface area contributed by atoms with E-state index in [1.54, 1.807) is 12.1 Å². The first-order chi connectivity index (χ1) is 13.1. The minimum absolute atomic E-state index is 0.179. The summed E-state index contributed by atoms with van der Waals surface area (Å²) in [6, 6.07) is 15.0. The molecular weight excluding hydrogens is 336 g/mol. The zero-order valence-corrected chi connectivity index (χ0v) is 16.9. The topological polar surface area (TPSA) is 35.5 Å². The van der Waals surface area contributed by atoms with Gasteiger partial charge in [-0.2, -0.15) is 0 Å². The minimum atomic E-state index is -0.348. The largest absolute Gasteiger partial charge is 0.491 e. The Kier molecular flexibility index (Phi) is 8.90. The molecule has 1 unspecified atom stereocenters. The molecule has 146 valence electrons. The van der Waals surface area contributed by atoms with Crippen molar-refractivity contribution in [3.8, 4) is 11.5 Å². The van der Waals surface area contributed by atoms with Crippen molar-refractivity contribution in [3.63, 3.8) is 0 Å². The summed E-state index contributed by atoms with van der Waals surface area (Å²) in [7, 11) is 0. The van der Waals surface area contributed by atoms with Crippen molar-refractivity contribution in [2.75, 3.05) is 0 Å². The molecule has 0 amide bonds. The second kappa shape index (κ2) is 11.4. The van der Waals surface area contributed by atoms with Crippen molar-refractivity contribution in [1.29, 1.82) is 0 Å². The SMILES string of the molecule is CCCCCc1ccc(OC(=O)c2ccc(OC(C)CCCC)cc2)cc1. The summed E-state index contributed by atoms with van der Waals surface area (Å²) in [5, 5.41) is 0. The smallest absolute Gasteiger partial charge is 0.343 e. The number of unbranched alkanes of at least 4 members (excludes halogenated alkanes) is 3. The van der Waals surface area contributed by atoms with Crippen LogP contribution in [0.2, 0.25) is 0 Å². The molecule has 0 bridgehead atoms. The molecule has 2 aromatic rings. The summed E-state index contributed by atoms with van der Waals surface area (Å²) in [6.07, 6.45) is 8.26. The number of aryl methyl sites for hydroxylation is 1. The van der Waals surface area contributed by atoms with Crippen molar-refractivity contribution in [3.05, 3.63) is 59.7 Å². The maximum atomic E-state index is 12.3. The van der Waals surface area contributed by atoms with Crippen LogP contribution in [0.3, 0.4) is 0 Å². The molecule has 0 fully saturated rings. The summed E-state index contributed by atoms with van der Waals surface area (Å²) in [5.74, 6) is 1.01. The summed E-state index contributed by atoms with van der Waals surface area (Å²) in [6.45, 7) is 6.45. The quantitative estimate of drug-likeness (QED) is 0.255. The highest BCUT2D eigenvalue weighted by Gasteiger charge is 2.10. The van der Waals surface area contributed by atoms with E-state index >= 15 is 0 Å². The van der Waals surface area contributed by atoms with Crippen molar-refractivity contribution in [2.45, 2.75) is 71.8 Å². The maximum Gasteiger partial charge on any atom is 0.343 e. The number of ether oxygens (including phenoxy) is 2. The number of esters is 1. The van der Waals surface area contributed by atoms with Gasteiger partial charge in [-0.1, -0.05) is 51.7 Å². The summed E-state index contributed by atoms with van der Waals surface area (Å²) in [5.41, 5.74) is 1.80. The molecule has 1 atom stereocenters. The van der Waals surface area contributed by atoms with Crippen LogP contribution in [0.15, 0.2) is 48.5 Å². The van der Waals surface area contributed by atoms with Crippen molar-refractivity contribution in [1.82, 2.24) is 0 Å². The Hall–Kier alpha value is -2.29. The second-order valence-electron chi connectivity index (χ2n) is 7.09. The Morgan fingerprint density at radius 2 is 1.48 bits per heavy atom. The number of hydrogen-bond donors (Lipinski definition) is 0. The molecule has 3 heteroatoms. The third-order valence-electron chi connectivity index (χ3n) is 4.59. The normalized spacial score (nSPS) is 11.8. The molecule has 2 aromatic carbocycles. The van der Waals surface area contributed by atoms with Gasteiger partial charge in [0.25, 0.3) is 0 Å². The molecule has 0 spiro atoms. The molecule has 0 N–H and O–H groups in total. The molecule has 0 saturated carbocycles. The van der Waals surface area contributed by atoms with E-state index in [1.165, 1.54) is 24.8 Å². The predicted octanol–water partition coefficient (Wildman–Crippen LogP) is 6.60. The van der Waals surface area contributed by atoms with Crippen LogP contribution in [0.25, 0.3) is 0 Å². The maximum absolute atomic E-state index is 12.3. The first-order valence-electron chi connectivity index (χ1n) is 10.2. The number of rotatable bonds is 11. The lowest BCUT2D eigenvalue weighted by Crippen LogP contribution is -2.12. The van der Waals surface area contributed by atoms with Gasteiger partial charge in [0.1, 0.15) is 11.5 Å². The Morgan fingerprint density at radius 1 is 0.852 bits per heavy atom. The highest BCUT2D eigenvalue weighted by Crippen LogP contribution is 2.19. The zero-order valence-electron chi connectivity index (χ0n) is 16.9. The second-order valence-corrected chi connectivity index (χ2v) is 7.09. The van der Waals surface area contributed by atoms with E-state index in [9.17, 15) is 4.79 Å². The molecule has 2 rings (SSSR count). The lowest BCUT2D eigenvalue weighted by atomic mass is 10.1. The molecule has 0 aromatic heterocycles. The van der Waals surface area contributed by atoms with Crippen molar-refractivity contribution in [2.24, 2.45) is 0 Å². The van der Waals surface area contributed by atoms with Crippen LogP contribution >= 0.6 is 0 Å². The van der Waals surface area contributed by atoms with Gasteiger partial charge in [-0.25, -0.2) is 4.79 Å². The summed E-state index contributed by atoms with van der Waals surface area (Å²) in [4.78, 5) is 12.3. The van der Waals surface area contributed by atoms with E-state index in [2.05, 4.69) is 20.8 Å². The molecule has 0 aliphatic carbocycles. The standard InChI is InChI=1S/C24H32O3/c1-4-6-8-10-20-11-15-23(16-12-20)27-24(25)21-13-17-22(18-14-21)26-19(3)9-7-5-2/h11-19H,4-10H2,1-3H3. The average Bonchev–Trinajstić information content (AvgIpc) is 2.68. The fourth-order valence-corrected chi connectivity index (χ4v) is 2.92. The fourth-order valence-electron chi connectivity index (χ4n) is 2.92. The predicted molar refractivity (Wildman–Crippen MR) is 111 cm³/mol. The van der Waals surface area contributed by atoms with Gasteiger partial charge in [0.15, 0.2) is 0 Å². The van der Waals surface area contributed by atoms with Crippen LogP contribution in [-0.4, -0.2) is 12.1 Å². The zero-order chi connectivity index (χ0) is 19.5. The molecule has 27 heavy (non-hydrogen) atoms. The number of hydrogen-bond acceptors (Lipinski definition) is 3. The molecule has 0 saturated heterocycles. The molecule has 3 nitrogen and oxygen atoms in total. The van der Waals surface area contributed by atoms with E-state index in [4.69, 9.17) is 9.47 Å². The van der Waals surface area contributed by atoms with Crippen molar-refractivity contribution >= 4 is 5.97 Å². The van der Waals surface area contributed by atoms with E-state index in [-0.39, 0.29) is 12.1 Å². The van der Waals surface area contributed by atoms with Crippen LogP contribution in [-0.2, 0) is 6.42 Å². The van der Waals surface area contributed by atoms with Crippen LogP contribution in [0.1, 0.15) is 75.2 Å². The molecule has 0 aliphatic heterocycles. The highest BCUT2D eigenvalue weighted by atomic mass is 16.5. The Labute approximate surface area is 163 Å². The third kappa shape index (κ3) is 7.46. The van der Waals surface area contributed by atoms with Gasteiger partial charge in [-0.15, -0.1) is 0 Å². The first-order valence-corrected chi connectivity index (χ1v) is 10.2.